The Labute approximate surface area is 124 Å². The van der Waals surface area contributed by atoms with E-state index in [1.165, 1.54) is 16.6 Å². The maximum Gasteiger partial charge on any atom is 0.0619 e. The van der Waals surface area contributed by atoms with Crippen LogP contribution in [0.1, 0.15) is 0 Å². The molecule has 1 aromatic heterocycles. The summed E-state index contributed by atoms with van der Waals surface area (Å²) in [6.45, 7) is 4.56. The number of rotatable bonds is 2. The molecule has 1 aromatic carbocycles. The van der Waals surface area contributed by atoms with Gasteiger partial charge in [-0.1, -0.05) is 6.07 Å². The number of halogens is 1. The molecule has 18 heavy (non-hydrogen) atoms. The van der Waals surface area contributed by atoms with Crippen molar-refractivity contribution in [3.8, 4) is 0 Å². The molecular formula is C13H16IN3S. The van der Waals surface area contributed by atoms with Gasteiger partial charge in [-0.15, -0.1) is 0 Å². The zero-order valence-corrected chi connectivity index (χ0v) is 13.3. The Morgan fingerprint density at radius 1 is 1.11 bits per heavy atom. The van der Waals surface area contributed by atoms with Gasteiger partial charge in [-0.25, -0.2) is 0 Å². The smallest absolute Gasteiger partial charge is 0.0619 e. The molecule has 1 saturated heterocycles. The number of aromatic nitrogens is 1. The van der Waals surface area contributed by atoms with E-state index in [1.807, 2.05) is 0 Å². The lowest BCUT2D eigenvalue weighted by Gasteiger charge is -2.34. The molecule has 1 aliphatic rings. The van der Waals surface area contributed by atoms with Crippen molar-refractivity contribution in [1.82, 2.24) is 8.87 Å². The Hall–Kier alpha value is -0.400. The van der Waals surface area contributed by atoms with Crippen LogP contribution in [0, 0.1) is 0 Å². The van der Waals surface area contributed by atoms with Crippen molar-refractivity contribution < 1.29 is 0 Å². The highest BCUT2D eigenvalue weighted by Crippen LogP contribution is 2.28. The molecule has 2 heterocycles. The second-order valence-corrected chi connectivity index (χ2v) is 6.46. The molecule has 96 valence electrons. The normalized spacial score (nSPS) is 17.6. The van der Waals surface area contributed by atoms with Crippen LogP contribution in [0.3, 0.4) is 0 Å². The van der Waals surface area contributed by atoms with Gasteiger partial charge in [-0.2, -0.15) is 0 Å². The van der Waals surface area contributed by atoms with Crippen molar-refractivity contribution in [3.63, 3.8) is 0 Å². The Kier molecular flexibility index (Phi) is 3.72. The number of hydrogen-bond donors (Lipinski definition) is 0. The summed E-state index contributed by atoms with van der Waals surface area (Å²) in [6.07, 6.45) is 2.13. The molecule has 0 radical (unpaired) electrons. The van der Waals surface area contributed by atoms with Gasteiger partial charge in [0.25, 0.3) is 0 Å². The minimum absolute atomic E-state index is 1.13. The van der Waals surface area contributed by atoms with Gasteiger partial charge in [0, 0.05) is 73.8 Å². The van der Waals surface area contributed by atoms with Gasteiger partial charge in [-0.3, -0.25) is 3.97 Å². The van der Waals surface area contributed by atoms with E-state index in [2.05, 4.69) is 72.5 Å². The lowest BCUT2D eigenvalue weighted by atomic mass is 10.2. The van der Waals surface area contributed by atoms with E-state index >= 15 is 0 Å². The lowest BCUT2D eigenvalue weighted by molar-refractivity contribution is 0.313. The number of nitrogens with zero attached hydrogens (tertiary/aromatic N) is 3. The van der Waals surface area contributed by atoms with E-state index < -0.39 is 0 Å². The lowest BCUT2D eigenvalue weighted by Crippen LogP contribution is -2.44. The second-order valence-electron chi connectivity index (χ2n) is 4.74. The quantitative estimate of drug-likeness (QED) is 0.750. The van der Waals surface area contributed by atoms with Crippen LogP contribution >= 0.6 is 30.3 Å². The molecule has 0 aliphatic carbocycles. The molecule has 0 unspecified atom stereocenters. The highest BCUT2D eigenvalue weighted by molar-refractivity contribution is 14.2. The summed E-state index contributed by atoms with van der Waals surface area (Å²) in [5.74, 6) is 0. The number of piperazine rings is 1. The summed E-state index contributed by atoms with van der Waals surface area (Å²) in [5.41, 5.74) is 2.66. The summed E-state index contributed by atoms with van der Waals surface area (Å²) in [7, 11) is 3.91. The third-order valence-electron chi connectivity index (χ3n) is 3.58. The highest BCUT2D eigenvalue weighted by atomic mass is 127. The Morgan fingerprint density at radius 2 is 1.89 bits per heavy atom. The number of fused-ring (bicyclic) bond motifs is 1. The molecule has 3 rings (SSSR count). The first-order chi connectivity index (χ1) is 8.78. The van der Waals surface area contributed by atoms with Crippen molar-refractivity contribution in [3.05, 3.63) is 30.5 Å². The average Bonchev–Trinajstić information content (AvgIpc) is 2.81. The van der Waals surface area contributed by atoms with Crippen LogP contribution in [-0.4, -0.2) is 42.1 Å². The predicted molar refractivity (Wildman–Crippen MR) is 88.7 cm³/mol. The van der Waals surface area contributed by atoms with E-state index in [4.69, 9.17) is 0 Å². The van der Waals surface area contributed by atoms with Gasteiger partial charge < -0.3 is 9.80 Å². The van der Waals surface area contributed by atoms with Crippen molar-refractivity contribution >= 4 is 46.9 Å². The Balaban J connectivity index is 1.92. The van der Waals surface area contributed by atoms with Crippen LogP contribution in [0.25, 0.3) is 10.9 Å². The molecule has 1 aliphatic heterocycles. The van der Waals surface area contributed by atoms with E-state index in [1.54, 1.807) is 9.12 Å². The van der Waals surface area contributed by atoms with Crippen LogP contribution in [-0.2, 0) is 0 Å². The molecule has 0 saturated carbocycles. The number of benzene rings is 1. The van der Waals surface area contributed by atoms with Gasteiger partial charge in [0.05, 0.1) is 5.52 Å². The van der Waals surface area contributed by atoms with E-state index in [0.29, 0.717) is 0 Å². The minimum Gasteiger partial charge on any atom is -0.369 e. The molecule has 2 aromatic rings. The first-order valence-corrected chi connectivity index (χ1v) is 9.43. The predicted octanol–water partition coefficient (Wildman–Crippen LogP) is 3.24. The van der Waals surface area contributed by atoms with Gasteiger partial charge in [0.1, 0.15) is 0 Å². The first kappa shape index (κ1) is 12.6. The first-order valence-electron chi connectivity index (χ1n) is 6.11. The summed E-state index contributed by atoms with van der Waals surface area (Å²) in [4.78, 5) is 4.87. The molecule has 3 nitrogen and oxygen atoms in total. The Morgan fingerprint density at radius 3 is 2.61 bits per heavy atom. The molecular weight excluding hydrogens is 357 g/mol. The highest BCUT2D eigenvalue weighted by Gasteiger charge is 2.14. The van der Waals surface area contributed by atoms with E-state index in [0.717, 1.165) is 26.2 Å². The summed E-state index contributed by atoms with van der Waals surface area (Å²) >= 11 is 2.33. The minimum atomic E-state index is 1.13. The topological polar surface area (TPSA) is 11.4 Å². The van der Waals surface area contributed by atoms with Gasteiger partial charge in [-0.05, 0) is 25.2 Å². The van der Waals surface area contributed by atoms with Crippen LogP contribution in [0.15, 0.2) is 30.5 Å². The summed E-state index contributed by atoms with van der Waals surface area (Å²) in [5, 5.41) is 1.32. The van der Waals surface area contributed by atoms with Crippen molar-refractivity contribution in [1.29, 1.82) is 0 Å². The van der Waals surface area contributed by atoms with Gasteiger partial charge in [0.2, 0.25) is 0 Å². The maximum absolute atomic E-state index is 2.48. The van der Waals surface area contributed by atoms with Crippen LogP contribution in [0.4, 0.5) is 5.69 Å². The molecule has 5 heteroatoms. The molecule has 0 atom stereocenters. The zero-order chi connectivity index (χ0) is 12.5. The number of anilines is 1. The third-order valence-corrected chi connectivity index (χ3v) is 5.32. The SMILES string of the molecule is CN1CCN(c2ccc3ccn(SI)c3c2)CC1. The van der Waals surface area contributed by atoms with E-state index in [-0.39, 0.29) is 0 Å². The van der Waals surface area contributed by atoms with E-state index in [9.17, 15) is 0 Å². The van der Waals surface area contributed by atoms with Crippen LogP contribution in [0.2, 0.25) is 0 Å². The average molecular weight is 373 g/mol. The largest absolute Gasteiger partial charge is 0.369 e. The van der Waals surface area contributed by atoms with Crippen LogP contribution < -0.4 is 4.90 Å². The fraction of sp³-hybridized carbons (Fsp3) is 0.385. The number of likely N-dealkylation sites (N-methyl/N-ethyl adjacent to an activating group) is 1. The Bertz CT molecular complexity index is 546. The summed E-state index contributed by atoms with van der Waals surface area (Å²) < 4.78 is 2.22. The second kappa shape index (κ2) is 5.30. The van der Waals surface area contributed by atoms with Crippen molar-refractivity contribution in [2.24, 2.45) is 0 Å². The zero-order valence-electron chi connectivity index (χ0n) is 10.3. The standard InChI is InChI=1S/C13H16IN3S/c1-15-6-8-16(9-7-15)12-3-2-11-4-5-17(18-14)13(11)10-12/h2-5,10H,6-9H2,1H3. The molecule has 0 bridgehead atoms. The molecule has 0 spiro atoms. The van der Waals surface area contributed by atoms with Crippen molar-refractivity contribution in [2.75, 3.05) is 38.1 Å². The van der Waals surface area contributed by atoms with Crippen LogP contribution in [0.5, 0.6) is 0 Å². The molecule has 0 amide bonds. The third kappa shape index (κ3) is 2.35. The van der Waals surface area contributed by atoms with Crippen molar-refractivity contribution in [2.45, 2.75) is 0 Å². The molecule has 1 fully saturated rings. The number of hydrogen-bond acceptors (Lipinski definition) is 3. The fourth-order valence-electron chi connectivity index (χ4n) is 2.41. The summed E-state index contributed by atoms with van der Waals surface area (Å²) in [6, 6.07) is 8.96. The monoisotopic (exact) mass is 373 g/mol. The van der Waals surface area contributed by atoms with Gasteiger partial charge in [0.15, 0.2) is 0 Å². The molecule has 0 N–H and O–H groups in total. The maximum atomic E-state index is 2.48. The fourth-order valence-corrected chi connectivity index (χ4v) is 3.78. The van der Waals surface area contributed by atoms with Gasteiger partial charge >= 0.3 is 0 Å².